The van der Waals surface area contributed by atoms with Crippen molar-refractivity contribution in [3.63, 3.8) is 0 Å². The van der Waals surface area contributed by atoms with Gasteiger partial charge in [0.1, 0.15) is 11.5 Å². The van der Waals surface area contributed by atoms with E-state index in [0.717, 1.165) is 35.5 Å². The number of rotatable bonds is 5. The van der Waals surface area contributed by atoms with Gasteiger partial charge in [0.25, 0.3) is 0 Å². The minimum Gasteiger partial charge on any atom is -0.455 e. The van der Waals surface area contributed by atoms with E-state index in [1.807, 2.05) is 25.3 Å². The Morgan fingerprint density at radius 2 is 2.00 bits per heavy atom. The van der Waals surface area contributed by atoms with Crippen LogP contribution in [-0.4, -0.2) is 11.0 Å². The molecule has 2 N–H and O–H groups in total. The summed E-state index contributed by atoms with van der Waals surface area (Å²) in [7, 11) is 0. The molecule has 0 aliphatic rings. The molecule has 1 aromatic heterocycles. The largest absolute Gasteiger partial charge is 0.455 e. The highest BCUT2D eigenvalue weighted by atomic mass is 16.5. The second-order valence-corrected chi connectivity index (χ2v) is 5.27. The van der Waals surface area contributed by atoms with Crippen LogP contribution in [0.25, 0.3) is 0 Å². The van der Waals surface area contributed by atoms with Gasteiger partial charge in [0.05, 0.1) is 6.20 Å². The Hall–Kier alpha value is -1.87. The standard InChI is InChI=1S/C17H22N2O/c1-4-15(18)8-14-9-16(11-19-10-14)20-17-7-12(2)5-6-13(17)3/h5-7,9-11,15H,4,8,18H2,1-3H3. The lowest BCUT2D eigenvalue weighted by Gasteiger charge is -2.12. The zero-order valence-electron chi connectivity index (χ0n) is 12.4. The molecular weight excluding hydrogens is 248 g/mol. The van der Waals surface area contributed by atoms with Gasteiger partial charge in [0, 0.05) is 12.2 Å². The van der Waals surface area contributed by atoms with E-state index in [1.165, 1.54) is 5.56 Å². The molecule has 0 saturated carbocycles. The van der Waals surface area contributed by atoms with Crippen molar-refractivity contribution in [1.82, 2.24) is 4.98 Å². The smallest absolute Gasteiger partial charge is 0.145 e. The van der Waals surface area contributed by atoms with Gasteiger partial charge in [0.2, 0.25) is 0 Å². The SMILES string of the molecule is CCC(N)Cc1cncc(Oc2cc(C)ccc2C)c1. The Morgan fingerprint density at radius 3 is 2.75 bits per heavy atom. The Morgan fingerprint density at radius 1 is 1.20 bits per heavy atom. The van der Waals surface area contributed by atoms with E-state index in [0.29, 0.717) is 0 Å². The third-order valence-electron chi connectivity index (χ3n) is 3.36. The summed E-state index contributed by atoms with van der Waals surface area (Å²) in [5.74, 6) is 1.64. The molecule has 2 rings (SSSR count). The number of benzene rings is 1. The molecule has 0 radical (unpaired) electrons. The number of nitrogens with two attached hydrogens (primary N) is 1. The van der Waals surface area contributed by atoms with Crippen LogP contribution in [-0.2, 0) is 6.42 Å². The molecular formula is C17H22N2O. The van der Waals surface area contributed by atoms with Crippen LogP contribution in [0, 0.1) is 13.8 Å². The van der Waals surface area contributed by atoms with E-state index >= 15 is 0 Å². The summed E-state index contributed by atoms with van der Waals surface area (Å²) in [4.78, 5) is 4.24. The van der Waals surface area contributed by atoms with Gasteiger partial charge in [-0.15, -0.1) is 0 Å². The van der Waals surface area contributed by atoms with E-state index in [1.54, 1.807) is 6.20 Å². The van der Waals surface area contributed by atoms with Gasteiger partial charge in [-0.2, -0.15) is 0 Å². The number of aryl methyl sites for hydroxylation is 2. The van der Waals surface area contributed by atoms with Gasteiger partial charge in [-0.1, -0.05) is 19.1 Å². The molecule has 3 heteroatoms. The average molecular weight is 270 g/mol. The van der Waals surface area contributed by atoms with Crippen LogP contribution >= 0.6 is 0 Å². The lowest BCUT2D eigenvalue weighted by Crippen LogP contribution is -2.21. The van der Waals surface area contributed by atoms with Crippen molar-refractivity contribution < 1.29 is 4.74 Å². The number of hydrogen-bond donors (Lipinski definition) is 1. The molecule has 1 unspecified atom stereocenters. The number of aromatic nitrogens is 1. The number of nitrogens with zero attached hydrogens (tertiary/aromatic N) is 1. The summed E-state index contributed by atoms with van der Waals surface area (Å²) in [5.41, 5.74) is 9.40. The van der Waals surface area contributed by atoms with Gasteiger partial charge >= 0.3 is 0 Å². The Balaban J connectivity index is 2.17. The molecule has 2 aromatic rings. The topological polar surface area (TPSA) is 48.1 Å². The predicted molar refractivity (Wildman–Crippen MR) is 82.2 cm³/mol. The molecule has 20 heavy (non-hydrogen) atoms. The zero-order valence-corrected chi connectivity index (χ0v) is 12.4. The second kappa shape index (κ2) is 6.53. The molecule has 0 aliphatic carbocycles. The van der Waals surface area contributed by atoms with Crippen LogP contribution in [0.2, 0.25) is 0 Å². The van der Waals surface area contributed by atoms with E-state index in [4.69, 9.17) is 10.5 Å². The number of hydrogen-bond acceptors (Lipinski definition) is 3. The fourth-order valence-corrected chi connectivity index (χ4v) is 2.02. The third kappa shape index (κ3) is 3.81. The van der Waals surface area contributed by atoms with Gasteiger partial charge in [-0.3, -0.25) is 4.98 Å². The molecule has 0 aliphatic heterocycles. The van der Waals surface area contributed by atoms with E-state index in [2.05, 4.69) is 31.0 Å². The Labute approximate surface area is 120 Å². The van der Waals surface area contributed by atoms with Gasteiger partial charge < -0.3 is 10.5 Å². The van der Waals surface area contributed by atoms with Crippen molar-refractivity contribution in [2.75, 3.05) is 0 Å². The maximum Gasteiger partial charge on any atom is 0.145 e. The molecule has 0 amide bonds. The predicted octanol–water partition coefficient (Wildman–Crippen LogP) is 3.77. The molecule has 0 saturated heterocycles. The molecule has 3 nitrogen and oxygen atoms in total. The van der Waals surface area contributed by atoms with Crippen LogP contribution in [0.4, 0.5) is 0 Å². The quantitative estimate of drug-likeness (QED) is 0.899. The highest BCUT2D eigenvalue weighted by Gasteiger charge is 2.06. The van der Waals surface area contributed by atoms with Crippen molar-refractivity contribution in [1.29, 1.82) is 0 Å². The monoisotopic (exact) mass is 270 g/mol. The molecule has 1 heterocycles. The molecule has 1 atom stereocenters. The van der Waals surface area contributed by atoms with Gasteiger partial charge in [-0.05, 0) is 55.5 Å². The summed E-state index contributed by atoms with van der Waals surface area (Å²) in [6.45, 7) is 6.19. The van der Waals surface area contributed by atoms with Crippen LogP contribution < -0.4 is 10.5 Å². The maximum atomic E-state index is 5.98. The summed E-state index contributed by atoms with van der Waals surface area (Å²) < 4.78 is 5.94. The van der Waals surface area contributed by atoms with E-state index in [9.17, 15) is 0 Å². The second-order valence-electron chi connectivity index (χ2n) is 5.27. The van der Waals surface area contributed by atoms with Gasteiger partial charge in [0.15, 0.2) is 0 Å². The van der Waals surface area contributed by atoms with E-state index in [-0.39, 0.29) is 6.04 Å². The molecule has 106 valence electrons. The van der Waals surface area contributed by atoms with E-state index < -0.39 is 0 Å². The first-order chi connectivity index (χ1) is 9.58. The van der Waals surface area contributed by atoms with Crippen LogP contribution in [0.15, 0.2) is 36.7 Å². The van der Waals surface area contributed by atoms with Gasteiger partial charge in [-0.25, -0.2) is 0 Å². The lowest BCUT2D eigenvalue weighted by atomic mass is 10.1. The van der Waals surface area contributed by atoms with Crippen LogP contribution in [0.5, 0.6) is 11.5 Å². The third-order valence-corrected chi connectivity index (χ3v) is 3.36. The molecule has 1 aromatic carbocycles. The zero-order chi connectivity index (χ0) is 14.5. The Bertz CT molecular complexity index is 581. The first-order valence-electron chi connectivity index (χ1n) is 7.03. The van der Waals surface area contributed by atoms with Crippen molar-refractivity contribution >= 4 is 0 Å². The summed E-state index contributed by atoms with van der Waals surface area (Å²) >= 11 is 0. The first kappa shape index (κ1) is 14.5. The minimum atomic E-state index is 0.174. The summed E-state index contributed by atoms with van der Waals surface area (Å²) in [5, 5.41) is 0. The molecule has 0 spiro atoms. The van der Waals surface area contributed by atoms with Crippen LogP contribution in [0.1, 0.15) is 30.0 Å². The fourth-order valence-electron chi connectivity index (χ4n) is 2.02. The van der Waals surface area contributed by atoms with Crippen molar-refractivity contribution in [2.45, 2.75) is 39.7 Å². The van der Waals surface area contributed by atoms with Crippen molar-refractivity contribution in [3.05, 3.63) is 53.3 Å². The van der Waals surface area contributed by atoms with Crippen molar-refractivity contribution in [2.24, 2.45) is 5.73 Å². The lowest BCUT2D eigenvalue weighted by molar-refractivity contribution is 0.475. The molecule has 0 bridgehead atoms. The Kier molecular flexibility index (Phi) is 4.74. The fraction of sp³-hybridized carbons (Fsp3) is 0.353. The molecule has 0 fully saturated rings. The number of pyridine rings is 1. The first-order valence-corrected chi connectivity index (χ1v) is 7.03. The van der Waals surface area contributed by atoms with Crippen LogP contribution in [0.3, 0.4) is 0 Å². The average Bonchev–Trinajstić information content (AvgIpc) is 2.43. The normalized spacial score (nSPS) is 12.2. The van der Waals surface area contributed by atoms with Crippen molar-refractivity contribution in [3.8, 4) is 11.5 Å². The maximum absolute atomic E-state index is 5.98. The minimum absolute atomic E-state index is 0.174. The highest BCUT2D eigenvalue weighted by Crippen LogP contribution is 2.26. The highest BCUT2D eigenvalue weighted by molar-refractivity contribution is 5.39. The number of ether oxygens (including phenoxy) is 1. The summed E-state index contributed by atoms with van der Waals surface area (Å²) in [6, 6.07) is 8.38. The summed E-state index contributed by atoms with van der Waals surface area (Å²) in [6.07, 6.45) is 5.38.